The van der Waals surface area contributed by atoms with Crippen LogP contribution in [0.1, 0.15) is 121 Å². The minimum Gasteiger partial charge on any atom is -0.664 e. The van der Waals surface area contributed by atoms with Gasteiger partial charge in [0.1, 0.15) is 12.5 Å². The maximum atomic E-state index is 14.2. The Morgan fingerprint density at radius 2 is 1.66 bits per heavy atom. The maximum Gasteiger partial charge on any atom is 2.00 e. The number of esters is 2. The van der Waals surface area contributed by atoms with Crippen molar-refractivity contribution >= 4 is 70.7 Å². The van der Waals surface area contributed by atoms with E-state index < -0.39 is 11.9 Å². The van der Waals surface area contributed by atoms with Crippen LogP contribution in [0, 0.1) is 38.5 Å². The molecule has 53 heavy (non-hydrogen) atoms. The van der Waals surface area contributed by atoms with E-state index in [9.17, 15) is 14.4 Å². The molecule has 1 aliphatic carbocycles. The summed E-state index contributed by atoms with van der Waals surface area (Å²) in [4.78, 5) is 55.9. The number of fused-ring (bicyclic) bond motifs is 7. The van der Waals surface area contributed by atoms with Gasteiger partial charge in [0.25, 0.3) is 0 Å². The monoisotopic (exact) mass is 724 g/mol. The van der Waals surface area contributed by atoms with E-state index in [1.54, 1.807) is 0 Å². The predicted molar refractivity (Wildman–Crippen MR) is 209 cm³/mol. The number of carbonyl (C=O) groups is 3. The van der Waals surface area contributed by atoms with Crippen LogP contribution in [0.3, 0.4) is 0 Å². The Kier molecular flexibility index (Phi) is 12.3. The Morgan fingerprint density at radius 1 is 0.943 bits per heavy atom. The summed E-state index contributed by atoms with van der Waals surface area (Å²) < 4.78 is 10.8. The number of rotatable bonds is 11. The second kappa shape index (κ2) is 16.4. The third-order valence-electron chi connectivity index (χ3n) is 11.0. The van der Waals surface area contributed by atoms with Crippen LogP contribution in [-0.2, 0) is 25.5 Å². The molecule has 0 saturated carbocycles. The zero-order valence-electron chi connectivity index (χ0n) is 32.3. The van der Waals surface area contributed by atoms with Gasteiger partial charge in [0.15, 0.2) is 5.78 Å². The average molecular weight is 725 g/mol. The van der Waals surface area contributed by atoms with Crippen LogP contribution in [0.4, 0.5) is 0 Å². The van der Waals surface area contributed by atoms with E-state index in [0.29, 0.717) is 40.2 Å². The van der Waals surface area contributed by atoms with Crippen LogP contribution in [0.2, 0.25) is 0 Å². The zero-order chi connectivity index (χ0) is 37.4. The normalized spacial score (nSPS) is 22.5. The van der Waals surface area contributed by atoms with Crippen LogP contribution in [0.25, 0.3) is 35.2 Å². The molecule has 3 aromatic rings. The van der Waals surface area contributed by atoms with Gasteiger partial charge in [0.05, 0.1) is 7.11 Å². The Morgan fingerprint density at radius 3 is 2.34 bits per heavy atom. The molecule has 0 aromatic carbocycles. The van der Waals surface area contributed by atoms with E-state index in [0.717, 1.165) is 75.7 Å². The summed E-state index contributed by atoms with van der Waals surface area (Å²) in [5, 5.41) is 6.78. The van der Waals surface area contributed by atoms with E-state index >= 15 is 0 Å². The van der Waals surface area contributed by atoms with Crippen molar-refractivity contribution in [2.75, 3.05) is 13.7 Å². The molecule has 9 nitrogen and oxygen atoms in total. The molecular formula is C43H48MgN4O5-2. The maximum absolute atomic E-state index is 14.2. The molecule has 10 heteroatoms. The fraction of sp³-hybridized carbons (Fsp3) is 0.419. The minimum absolute atomic E-state index is 0. The molecule has 8 bridgehead atoms. The van der Waals surface area contributed by atoms with Gasteiger partial charge in [-0.05, 0) is 76.9 Å². The first-order valence-corrected chi connectivity index (χ1v) is 18.4. The van der Waals surface area contributed by atoms with Gasteiger partial charge in [-0.15, -0.1) is 33.5 Å². The fourth-order valence-corrected chi connectivity index (χ4v) is 7.83. The van der Waals surface area contributed by atoms with Gasteiger partial charge in [-0.2, -0.15) is 11.4 Å². The quantitative estimate of drug-likeness (QED) is 0.100. The Hall–Kier alpha value is -4.28. The van der Waals surface area contributed by atoms with Crippen molar-refractivity contribution in [2.45, 2.75) is 87.0 Å². The van der Waals surface area contributed by atoms with E-state index in [1.165, 1.54) is 12.7 Å². The Bertz CT molecular complexity index is 2190. The minimum atomic E-state index is -1.21. The molecule has 3 aliphatic rings. The van der Waals surface area contributed by atoms with Crippen molar-refractivity contribution in [3.63, 3.8) is 0 Å². The van der Waals surface area contributed by atoms with Crippen LogP contribution in [0.5, 0.6) is 0 Å². The average Bonchev–Trinajstić information content (AvgIpc) is 3.86. The summed E-state index contributed by atoms with van der Waals surface area (Å²) in [6.07, 6.45) is 14.2. The van der Waals surface area contributed by atoms with Crippen LogP contribution >= 0.6 is 0 Å². The number of aromatic nitrogens is 3. The molecule has 3 aromatic heterocycles. The summed E-state index contributed by atoms with van der Waals surface area (Å²) in [7, 11) is 1.29. The first-order chi connectivity index (χ1) is 24.9. The molecule has 3 atom stereocenters. The zero-order valence-corrected chi connectivity index (χ0v) is 33.7. The molecule has 274 valence electrons. The molecule has 0 radical (unpaired) electrons. The SMILES string of the molecule is C=Cc1c2[n-]c(c1C)/C=C1\[N-]/C(=C3\c4[n-]c(c(C)c4C(=O)[C@@H]3C(=O)OC)/C=c3\[n-]/c(c(C)c3CC)=C\2)[C@@H](CCC(=O)OC/C=C(\C)CCCC)[C@@H]1C.[Mg+2]. The van der Waals surface area contributed by atoms with Crippen LogP contribution < -0.4 is 25.7 Å². The van der Waals surface area contributed by atoms with Crippen molar-refractivity contribution in [1.29, 1.82) is 0 Å². The number of hydrogen-bond donors (Lipinski definition) is 0. The molecule has 1 fully saturated rings. The van der Waals surface area contributed by atoms with Gasteiger partial charge in [-0.3, -0.25) is 14.4 Å². The smallest absolute Gasteiger partial charge is 0.664 e. The van der Waals surface area contributed by atoms with Crippen LogP contribution in [-0.4, -0.2) is 54.5 Å². The van der Waals surface area contributed by atoms with Gasteiger partial charge in [-0.25, -0.2) is 0 Å². The standard InChI is InChI=1S/C43H49N4O5.Mg/c1-10-13-14-22(4)17-18-52-36(48)16-15-29-25(7)32-19-30-23(5)27(11-2)34(44-30)20-31-24(6)28(12-3)35(45-31)21-33-26(8)37-41(47-33)38(40(29)46-32)39(42(37)49)43(50)51-9;/h11,17,19-21,25,29,39H,2,10,12-16,18H2,1,3-9H3,(H-,46,47,49);/q-3;+2/p-1/b22-17+,31-20-,32-19-,35-21-;/t25-,29-,39+;/m0./s1. The number of methoxy groups -OCH3 is 1. The van der Waals surface area contributed by atoms with Gasteiger partial charge in [0, 0.05) is 12.0 Å². The van der Waals surface area contributed by atoms with Crippen LogP contribution in [0.15, 0.2) is 29.6 Å². The third kappa shape index (κ3) is 7.32. The summed E-state index contributed by atoms with van der Waals surface area (Å²) in [6, 6.07) is 0. The van der Waals surface area contributed by atoms with E-state index in [2.05, 4.69) is 41.2 Å². The molecule has 0 amide bonds. The summed E-state index contributed by atoms with van der Waals surface area (Å²) in [5.74, 6) is -3.03. The fourth-order valence-electron chi connectivity index (χ4n) is 7.83. The van der Waals surface area contributed by atoms with Crippen molar-refractivity contribution < 1.29 is 23.9 Å². The van der Waals surface area contributed by atoms with Crippen molar-refractivity contribution in [2.24, 2.45) is 17.8 Å². The molecule has 0 N–H and O–H groups in total. The van der Waals surface area contributed by atoms with Gasteiger partial charge >= 0.3 is 35.0 Å². The largest absolute Gasteiger partial charge is 2.00 e. The summed E-state index contributed by atoms with van der Waals surface area (Å²) >= 11 is 0. The Labute approximate surface area is 328 Å². The molecule has 2 aliphatic heterocycles. The van der Waals surface area contributed by atoms with Gasteiger partial charge in [0.2, 0.25) is 0 Å². The second-order valence-electron chi connectivity index (χ2n) is 14.2. The number of carbonyl (C=O) groups excluding carboxylic acids is 3. The molecule has 0 unspecified atom stereocenters. The number of ketones is 1. The summed E-state index contributed by atoms with van der Waals surface area (Å²) in [6.45, 7) is 18.6. The predicted octanol–water partition coefficient (Wildman–Crippen LogP) is 6.12. The van der Waals surface area contributed by atoms with E-state index in [4.69, 9.17) is 29.7 Å². The molecular weight excluding hydrogens is 677 g/mol. The molecule has 6 rings (SSSR count). The van der Waals surface area contributed by atoms with Gasteiger partial charge in [-0.1, -0.05) is 91.5 Å². The van der Waals surface area contributed by atoms with Crippen molar-refractivity contribution in [1.82, 2.24) is 15.0 Å². The van der Waals surface area contributed by atoms with Crippen molar-refractivity contribution in [3.8, 4) is 0 Å². The molecule has 5 heterocycles. The van der Waals surface area contributed by atoms with Gasteiger partial charge < -0.3 is 29.7 Å². The number of allylic oxidation sites excluding steroid dienone is 3. The third-order valence-corrected chi connectivity index (χ3v) is 11.0. The number of nitrogens with zero attached hydrogens (tertiary/aromatic N) is 4. The number of Topliss-reactive ketones (excluding diaryl/α,β-unsaturated/α-hetero) is 1. The number of hydrogen-bond acceptors (Lipinski definition) is 5. The Balaban J connectivity index is 0.00000541. The number of ether oxygens (including phenoxy) is 2. The topological polar surface area (TPSA) is 126 Å². The second-order valence-corrected chi connectivity index (χ2v) is 14.2. The van der Waals surface area contributed by atoms with Crippen molar-refractivity contribution in [3.05, 3.63) is 102 Å². The molecule has 1 saturated heterocycles. The van der Waals surface area contributed by atoms with E-state index in [-0.39, 0.29) is 59.7 Å². The number of unbranched alkanes of at least 4 members (excludes halogenated alkanes) is 1. The first kappa shape index (κ1) is 39.9. The van der Waals surface area contributed by atoms with E-state index in [1.807, 2.05) is 44.2 Å². The first-order valence-electron chi connectivity index (χ1n) is 18.4. The summed E-state index contributed by atoms with van der Waals surface area (Å²) in [5.41, 5.74) is 10.6. The molecule has 0 spiro atoms.